The molecule has 7 rings (SSSR count). The van der Waals surface area contributed by atoms with Crippen LogP contribution in [0.3, 0.4) is 0 Å². The number of benzene rings is 1. The average Bonchev–Trinajstić information content (AvgIpc) is 3.33. The Kier molecular flexibility index (Phi) is 4.56. The monoisotopic (exact) mass is 490 g/mol. The second-order valence-electron chi connectivity index (χ2n) is 10.5. The highest BCUT2D eigenvalue weighted by Gasteiger charge is 2.84. The van der Waals surface area contributed by atoms with Gasteiger partial charge in [0.2, 0.25) is 0 Å². The first-order valence-corrected chi connectivity index (χ1v) is 13.7. The molecule has 0 aromatic heterocycles. The van der Waals surface area contributed by atoms with E-state index in [-0.39, 0.29) is 18.4 Å². The van der Waals surface area contributed by atoms with Crippen molar-refractivity contribution in [2.45, 2.75) is 55.2 Å². The maximum absolute atomic E-state index is 13.5. The van der Waals surface area contributed by atoms with Crippen molar-refractivity contribution in [2.75, 3.05) is 38.5 Å². The fourth-order valence-corrected chi connectivity index (χ4v) is 9.56. The van der Waals surface area contributed by atoms with Gasteiger partial charge >= 0.3 is 12.1 Å². The van der Waals surface area contributed by atoms with E-state index >= 15 is 0 Å². The van der Waals surface area contributed by atoms with Crippen LogP contribution in [-0.2, 0) is 34.0 Å². The van der Waals surface area contributed by atoms with E-state index < -0.39 is 44.6 Å². The van der Waals surface area contributed by atoms with E-state index in [1.165, 1.54) is 14.2 Å². The summed E-state index contributed by atoms with van der Waals surface area (Å²) in [5.41, 5.74) is -0.383. The highest BCUT2D eigenvalue weighted by atomic mass is 32.2. The van der Waals surface area contributed by atoms with Gasteiger partial charge in [0.15, 0.2) is 0 Å². The number of ether oxygens (including phenoxy) is 2. The first kappa shape index (κ1) is 22.3. The van der Waals surface area contributed by atoms with Crippen LogP contribution >= 0.6 is 0 Å². The van der Waals surface area contributed by atoms with E-state index in [0.29, 0.717) is 6.42 Å². The van der Waals surface area contributed by atoms with Crippen LogP contribution in [0.25, 0.3) is 0 Å². The van der Waals surface area contributed by atoms with Crippen LogP contribution in [0.15, 0.2) is 24.3 Å². The Morgan fingerprint density at radius 1 is 1.06 bits per heavy atom. The molecule has 10 heteroatoms. The number of para-hydroxylation sites is 1. The highest BCUT2D eigenvalue weighted by molar-refractivity contribution is 7.86. The lowest BCUT2D eigenvalue weighted by Gasteiger charge is -2.71. The predicted octanol–water partition coefficient (Wildman–Crippen LogP) is 2.05. The Balaban J connectivity index is 1.69. The van der Waals surface area contributed by atoms with Gasteiger partial charge in [-0.15, -0.1) is 0 Å². The number of carbonyl (C=O) groups excluding carboxylic acids is 2. The van der Waals surface area contributed by atoms with E-state index in [2.05, 4.69) is 11.0 Å². The minimum atomic E-state index is -3.77. The summed E-state index contributed by atoms with van der Waals surface area (Å²) in [6.07, 6.45) is 2.94. The molecule has 3 saturated carbocycles. The molecule has 6 aliphatic rings. The number of methoxy groups -OCH3 is 2. The van der Waals surface area contributed by atoms with Crippen LogP contribution in [0, 0.1) is 11.3 Å². The van der Waals surface area contributed by atoms with Gasteiger partial charge in [-0.2, -0.15) is 8.42 Å². The number of rotatable bonds is 3. The van der Waals surface area contributed by atoms with E-state index in [9.17, 15) is 18.0 Å². The Bertz CT molecular complexity index is 1190. The fourth-order valence-electron chi connectivity index (χ4n) is 8.88. The molecule has 3 aliphatic carbocycles. The zero-order valence-corrected chi connectivity index (χ0v) is 20.5. The third-order valence-electron chi connectivity index (χ3n) is 9.49. The minimum absolute atomic E-state index is 0.0500. The van der Waals surface area contributed by atoms with Crippen LogP contribution in [-0.4, -0.2) is 76.6 Å². The molecule has 0 N–H and O–H groups in total. The van der Waals surface area contributed by atoms with Gasteiger partial charge in [-0.3, -0.25) is 18.8 Å². The minimum Gasteiger partial charge on any atom is -0.469 e. The zero-order valence-electron chi connectivity index (χ0n) is 19.7. The Labute approximate surface area is 199 Å². The summed E-state index contributed by atoms with van der Waals surface area (Å²) in [4.78, 5) is 31.0. The molecule has 34 heavy (non-hydrogen) atoms. The molecule has 2 bridgehead atoms. The molecule has 1 aromatic rings. The van der Waals surface area contributed by atoms with Crippen molar-refractivity contribution < 1.29 is 31.7 Å². The molecule has 0 unspecified atom stereocenters. The van der Waals surface area contributed by atoms with Crippen molar-refractivity contribution in [3.63, 3.8) is 0 Å². The van der Waals surface area contributed by atoms with Gasteiger partial charge < -0.3 is 9.47 Å². The van der Waals surface area contributed by atoms with Crippen LogP contribution in [0.2, 0.25) is 0 Å². The molecular formula is C24H30N2O7S. The largest absolute Gasteiger partial charge is 0.469 e. The lowest BCUT2D eigenvalue weighted by molar-refractivity contribution is -0.201. The molecule has 3 heterocycles. The SMILES string of the molecule is COC(=O)[C@@H]1C[C@@]23CCCN4CC[C@@]5(c6ccccc6N(C(=O)OC)[C@]15C[C@H]2OS(C)(=O)=O)[C@@H]43. The van der Waals surface area contributed by atoms with Gasteiger partial charge in [0.25, 0.3) is 10.1 Å². The van der Waals surface area contributed by atoms with Gasteiger partial charge in [0.1, 0.15) is 0 Å². The molecule has 3 spiro atoms. The lowest BCUT2D eigenvalue weighted by Crippen LogP contribution is -2.83. The molecule has 184 valence electrons. The quantitative estimate of drug-likeness (QED) is 0.469. The van der Waals surface area contributed by atoms with Crippen LogP contribution in [0.4, 0.5) is 10.5 Å². The summed E-state index contributed by atoms with van der Waals surface area (Å²) in [5.74, 6) is -1.00. The standard InChI is InChI=1S/C24H30N2O7S/c1-31-19(27)16-13-22-9-6-11-25-12-10-23(20(22)25)15-7-4-5-8-17(15)26(21(28)32-2)24(16,23)14-18(22)33-34(3,29)30/h4-5,7-8,16,18,20H,6,9-14H2,1-3H3/t16-,18+,20-,22-,23+,24+/m0/s1. The van der Waals surface area contributed by atoms with Gasteiger partial charge in [0.05, 0.1) is 43.7 Å². The van der Waals surface area contributed by atoms with E-state index in [1.54, 1.807) is 4.90 Å². The normalized spacial score (nSPS) is 39.9. The smallest absolute Gasteiger partial charge is 0.414 e. The molecule has 6 atom stereocenters. The fraction of sp³-hybridized carbons (Fsp3) is 0.667. The number of carbonyl (C=O) groups is 2. The van der Waals surface area contributed by atoms with Crippen LogP contribution in [0.1, 0.15) is 37.7 Å². The van der Waals surface area contributed by atoms with Gasteiger partial charge in [-0.25, -0.2) is 4.79 Å². The first-order chi connectivity index (χ1) is 16.2. The van der Waals surface area contributed by atoms with Gasteiger partial charge in [-0.05, 0) is 50.4 Å². The van der Waals surface area contributed by atoms with Crippen molar-refractivity contribution >= 4 is 27.9 Å². The second kappa shape index (κ2) is 6.95. The van der Waals surface area contributed by atoms with Crippen molar-refractivity contribution in [1.29, 1.82) is 0 Å². The van der Waals surface area contributed by atoms with Crippen molar-refractivity contribution in [3.05, 3.63) is 29.8 Å². The summed E-state index contributed by atoms with van der Waals surface area (Å²) in [6, 6.07) is 7.77. The van der Waals surface area contributed by atoms with Crippen molar-refractivity contribution in [3.8, 4) is 0 Å². The molecule has 9 nitrogen and oxygen atoms in total. The van der Waals surface area contributed by atoms with Crippen molar-refractivity contribution in [1.82, 2.24) is 4.90 Å². The number of piperidine rings is 1. The van der Waals surface area contributed by atoms with E-state index in [1.807, 2.05) is 18.2 Å². The van der Waals surface area contributed by atoms with Crippen LogP contribution < -0.4 is 4.90 Å². The predicted molar refractivity (Wildman–Crippen MR) is 122 cm³/mol. The summed E-state index contributed by atoms with van der Waals surface area (Å²) in [5, 5.41) is 0. The van der Waals surface area contributed by atoms with Gasteiger partial charge in [0, 0.05) is 23.3 Å². The number of anilines is 1. The molecule has 2 saturated heterocycles. The third kappa shape index (κ3) is 2.39. The summed E-state index contributed by atoms with van der Waals surface area (Å²) >= 11 is 0. The Morgan fingerprint density at radius 2 is 1.82 bits per heavy atom. The molecule has 3 aliphatic heterocycles. The summed E-state index contributed by atoms with van der Waals surface area (Å²) < 4.78 is 41.3. The highest BCUT2D eigenvalue weighted by Crippen LogP contribution is 2.76. The Hall–Kier alpha value is -2.17. The topological polar surface area (TPSA) is 102 Å². The summed E-state index contributed by atoms with van der Waals surface area (Å²) in [7, 11) is -1.06. The molecule has 0 radical (unpaired) electrons. The molecular weight excluding hydrogens is 460 g/mol. The molecule has 5 fully saturated rings. The van der Waals surface area contributed by atoms with Crippen LogP contribution in [0.5, 0.6) is 0 Å². The molecule has 1 aromatic carbocycles. The number of esters is 1. The second-order valence-corrected chi connectivity index (χ2v) is 12.1. The van der Waals surface area contributed by atoms with Crippen molar-refractivity contribution in [2.24, 2.45) is 11.3 Å². The number of nitrogens with zero attached hydrogens (tertiary/aromatic N) is 2. The number of hydrogen-bond acceptors (Lipinski definition) is 8. The molecule has 1 amide bonds. The number of fused-ring (bicyclic) bond motifs is 3. The van der Waals surface area contributed by atoms with E-state index in [4.69, 9.17) is 13.7 Å². The third-order valence-corrected chi connectivity index (χ3v) is 10.1. The maximum atomic E-state index is 13.5. The lowest BCUT2D eigenvalue weighted by atomic mass is 9.38. The average molecular weight is 491 g/mol. The number of amides is 1. The Morgan fingerprint density at radius 3 is 2.53 bits per heavy atom. The first-order valence-electron chi connectivity index (χ1n) is 11.8. The summed E-state index contributed by atoms with van der Waals surface area (Å²) in [6.45, 7) is 1.72. The van der Waals surface area contributed by atoms with E-state index in [0.717, 1.165) is 49.9 Å². The maximum Gasteiger partial charge on any atom is 0.414 e. The zero-order chi connectivity index (χ0) is 24.1. The van der Waals surface area contributed by atoms with Gasteiger partial charge in [-0.1, -0.05) is 18.2 Å². The number of hydrogen-bond donors (Lipinski definition) is 0.